The highest BCUT2D eigenvalue weighted by Crippen LogP contribution is 2.28. The third-order valence-corrected chi connectivity index (χ3v) is 6.58. The highest BCUT2D eigenvalue weighted by Gasteiger charge is 2.32. The van der Waals surface area contributed by atoms with Crippen molar-refractivity contribution in [2.24, 2.45) is 0 Å². The molecule has 1 amide bonds. The molecule has 1 N–H and O–H groups in total. The number of hydrogen-bond donors (Lipinski definition) is 1. The lowest BCUT2D eigenvalue weighted by Crippen LogP contribution is -2.49. The third-order valence-electron chi connectivity index (χ3n) is 4.99. The number of rotatable bonds is 7. The number of benzene rings is 2. The van der Waals surface area contributed by atoms with Crippen molar-refractivity contribution in [1.82, 2.24) is 5.32 Å². The second-order valence-electron chi connectivity index (χ2n) is 7.51. The summed E-state index contributed by atoms with van der Waals surface area (Å²) in [6.45, 7) is 9.55. The molecule has 29 heavy (non-hydrogen) atoms. The second-order valence-corrected chi connectivity index (χ2v) is 9.77. The van der Waals surface area contributed by atoms with E-state index >= 15 is 0 Å². The summed E-state index contributed by atoms with van der Waals surface area (Å²) in [6, 6.07) is 9.93. The number of carbonyl (C=O) groups is 1. The molecule has 0 aliphatic carbocycles. The molecule has 2 aromatic carbocycles. The maximum Gasteiger partial charge on any atom is 0.244 e. The summed E-state index contributed by atoms with van der Waals surface area (Å²) in [4.78, 5) is 13.1. The van der Waals surface area contributed by atoms with E-state index < -0.39 is 16.1 Å². The highest BCUT2D eigenvalue weighted by molar-refractivity contribution is 7.92. The van der Waals surface area contributed by atoms with Crippen molar-refractivity contribution in [3.05, 3.63) is 63.7 Å². The minimum absolute atomic E-state index is 0.250. The van der Waals surface area contributed by atoms with Crippen LogP contribution in [0.5, 0.6) is 0 Å². The zero-order chi connectivity index (χ0) is 21.9. The van der Waals surface area contributed by atoms with Gasteiger partial charge in [0.1, 0.15) is 6.04 Å². The quantitative estimate of drug-likeness (QED) is 0.684. The number of nitrogens with zero attached hydrogens (tertiary/aromatic N) is 1. The molecular weight excluding hydrogens is 408 g/mol. The molecule has 0 aromatic heterocycles. The number of amides is 1. The molecule has 0 aliphatic heterocycles. The third kappa shape index (κ3) is 5.52. The van der Waals surface area contributed by atoms with Crippen molar-refractivity contribution in [3.63, 3.8) is 0 Å². The number of nitrogens with one attached hydrogen (secondary N) is 1. The van der Waals surface area contributed by atoms with Crippen molar-refractivity contribution in [2.75, 3.05) is 10.6 Å². The van der Waals surface area contributed by atoms with Crippen LogP contribution in [0.2, 0.25) is 5.02 Å². The number of aryl methyl sites for hydroxylation is 3. The Morgan fingerprint density at radius 3 is 2.28 bits per heavy atom. The molecule has 2 atom stereocenters. The molecule has 0 spiro atoms. The van der Waals surface area contributed by atoms with Crippen LogP contribution in [0.25, 0.3) is 0 Å². The molecule has 0 heterocycles. The van der Waals surface area contributed by atoms with Crippen LogP contribution >= 0.6 is 11.6 Å². The van der Waals surface area contributed by atoms with E-state index in [0.29, 0.717) is 17.1 Å². The monoisotopic (exact) mass is 436 g/mol. The fraction of sp³-hybridized carbons (Fsp3) is 0.409. The standard InChI is InChI=1S/C22H29ClN2O3S/c1-7-21(22(26)24-17(5)19-11-8-14(2)12-16(19)4)25(29(6,27)28)18-10-9-15(3)20(23)13-18/h8-13,17,21H,7H2,1-6H3,(H,24,26). The maximum atomic E-state index is 13.1. The minimum Gasteiger partial charge on any atom is -0.348 e. The zero-order valence-electron chi connectivity index (χ0n) is 17.8. The van der Waals surface area contributed by atoms with Gasteiger partial charge >= 0.3 is 0 Å². The summed E-state index contributed by atoms with van der Waals surface area (Å²) in [7, 11) is -3.70. The van der Waals surface area contributed by atoms with E-state index in [1.54, 1.807) is 25.1 Å². The SMILES string of the molecule is CCC(C(=O)NC(C)c1ccc(C)cc1C)N(c1ccc(C)c(Cl)c1)S(C)(=O)=O. The van der Waals surface area contributed by atoms with Crippen molar-refractivity contribution >= 4 is 33.2 Å². The summed E-state index contributed by atoms with van der Waals surface area (Å²) < 4.78 is 26.3. The van der Waals surface area contributed by atoms with Gasteiger partial charge < -0.3 is 5.32 Å². The molecule has 0 fully saturated rings. The van der Waals surface area contributed by atoms with Crippen LogP contribution in [0.15, 0.2) is 36.4 Å². The van der Waals surface area contributed by atoms with E-state index in [4.69, 9.17) is 11.6 Å². The average molecular weight is 437 g/mol. The fourth-order valence-corrected chi connectivity index (χ4v) is 4.86. The largest absolute Gasteiger partial charge is 0.348 e. The molecule has 7 heteroatoms. The van der Waals surface area contributed by atoms with E-state index in [1.807, 2.05) is 39.8 Å². The molecule has 2 unspecified atom stereocenters. The number of sulfonamides is 1. The van der Waals surface area contributed by atoms with Crippen molar-refractivity contribution in [1.29, 1.82) is 0 Å². The van der Waals surface area contributed by atoms with E-state index in [-0.39, 0.29) is 11.9 Å². The normalized spacial score (nSPS) is 13.6. The summed E-state index contributed by atoms with van der Waals surface area (Å²) in [5, 5.41) is 3.43. The van der Waals surface area contributed by atoms with Gasteiger partial charge in [0.05, 0.1) is 18.0 Å². The van der Waals surface area contributed by atoms with Gasteiger partial charge in [0, 0.05) is 5.02 Å². The van der Waals surface area contributed by atoms with Gasteiger partial charge in [0.2, 0.25) is 15.9 Å². The van der Waals surface area contributed by atoms with Gasteiger partial charge in [-0.3, -0.25) is 9.10 Å². The first kappa shape index (κ1) is 23.2. The van der Waals surface area contributed by atoms with Crippen LogP contribution < -0.4 is 9.62 Å². The lowest BCUT2D eigenvalue weighted by molar-refractivity contribution is -0.122. The van der Waals surface area contributed by atoms with Crippen molar-refractivity contribution in [2.45, 2.75) is 53.1 Å². The molecule has 0 bridgehead atoms. The van der Waals surface area contributed by atoms with Crippen molar-refractivity contribution in [3.8, 4) is 0 Å². The first-order valence-electron chi connectivity index (χ1n) is 9.58. The Bertz CT molecular complexity index is 1010. The zero-order valence-corrected chi connectivity index (χ0v) is 19.4. The van der Waals surface area contributed by atoms with Crippen LogP contribution in [0.4, 0.5) is 5.69 Å². The van der Waals surface area contributed by atoms with Gasteiger partial charge in [-0.1, -0.05) is 48.4 Å². The Morgan fingerprint density at radius 2 is 1.76 bits per heavy atom. The number of carbonyl (C=O) groups excluding carboxylic acids is 1. The minimum atomic E-state index is -3.70. The summed E-state index contributed by atoms with van der Waals surface area (Å²) in [5.41, 5.74) is 4.45. The lowest BCUT2D eigenvalue weighted by Gasteiger charge is -2.31. The van der Waals surface area contributed by atoms with Gasteiger partial charge in [-0.25, -0.2) is 8.42 Å². The van der Waals surface area contributed by atoms with Crippen LogP contribution in [-0.4, -0.2) is 26.6 Å². The predicted octanol–water partition coefficient (Wildman–Crippen LogP) is 4.69. The fourth-order valence-electron chi connectivity index (χ4n) is 3.48. The Hall–Kier alpha value is -2.05. The Labute approximate surface area is 179 Å². The van der Waals surface area contributed by atoms with E-state index in [1.165, 1.54) is 0 Å². The summed E-state index contributed by atoms with van der Waals surface area (Å²) >= 11 is 6.21. The van der Waals surface area contributed by atoms with E-state index in [9.17, 15) is 13.2 Å². The first-order valence-corrected chi connectivity index (χ1v) is 11.8. The molecular formula is C22H29ClN2O3S. The topological polar surface area (TPSA) is 66.5 Å². The molecule has 5 nitrogen and oxygen atoms in total. The number of anilines is 1. The molecule has 0 aliphatic rings. The average Bonchev–Trinajstić information content (AvgIpc) is 2.60. The lowest BCUT2D eigenvalue weighted by atomic mass is 10.00. The van der Waals surface area contributed by atoms with Gasteiger partial charge in [-0.15, -0.1) is 0 Å². The van der Waals surface area contributed by atoms with Gasteiger partial charge in [-0.05, 0) is 62.9 Å². The van der Waals surface area contributed by atoms with Gasteiger partial charge in [-0.2, -0.15) is 0 Å². The van der Waals surface area contributed by atoms with E-state index in [0.717, 1.165) is 32.8 Å². The summed E-state index contributed by atoms with van der Waals surface area (Å²) in [6.07, 6.45) is 1.42. The Kier molecular flexibility index (Phi) is 7.35. The van der Waals surface area contributed by atoms with Gasteiger partial charge in [0.25, 0.3) is 0 Å². The number of halogens is 1. The summed E-state index contributed by atoms with van der Waals surface area (Å²) in [5.74, 6) is -0.345. The maximum absolute atomic E-state index is 13.1. The molecule has 2 rings (SSSR count). The van der Waals surface area contributed by atoms with Crippen LogP contribution in [-0.2, 0) is 14.8 Å². The van der Waals surface area contributed by atoms with E-state index in [2.05, 4.69) is 11.4 Å². The Balaban J connectivity index is 2.36. The molecule has 0 saturated carbocycles. The molecule has 2 aromatic rings. The number of hydrogen-bond acceptors (Lipinski definition) is 3. The van der Waals surface area contributed by atoms with Crippen molar-refractivity contribution < 1.29 is 13.2 Å². The van der Waals surface area contributed by atoms with Gasteiger partial charge in [0.15, 0.2) is 0 Å². The molecule has 158 valence electrons. The van der Waals surface area contributed by atoms with Crippen LogP contribution in [0, 0.1) is 20.8 Å². The molecule has 0 saturated heterocycles. The molecule has 0 radical (unpaired) electrons. The van der Waals surface area contributed by atoms with Crippen LogP contribution in [0.3, 0.4) is 0 Å². The predicted molar refractivity (Wildman–Crippen MR) is 120 cm³/mol. The smallest absolute Gasteiger partial charge is 0.244 e. The highest BCUT2D eigenvalue weighted by atomic mass is 35.5. The first-order chi connectivity index (χ1) is 13.5. The Morgan fingerprint density at radius 1 is 1.10 bits per heavy atom. The van der Waals surface area contributed by atoms with Crippen LogP contribution in [0.1, 0.15) is 48.6 Å². The second kappa shape index (κ2) is 9.18.